The lowest BCUT2D eigenvalue weighted by molar-refractivity contribution is -0.149. The molecule has 2 atom stereocenters. The van der Waals surface area contributed by atoms with Crippen molar-refractivity contribution in [2.45, 2.75) is 37.8 Å². The topological polar surface area (TPSA) is 66.8 Å². The van der Waals surface area contributed by atoms with E-state index in [9.17, 15) is 9.59 Å². The molecule has 2 rings (SSSR count). The third-order valence-electron chi connectivity index (χ3n) is 3.16. The minimum atomic E-state index is -0.909. The van der Waals surface area contributed by atoms with Crippen molar-refractivity contribution in [3.05, 3.63) is 0 Å². The highest BCUT2D eigenvalue weighted by Crippen LogP contribution is 2.24. The van der Waals surface area contributed by atoms with Gasteiger partial charge in [-0.25, -0.2) is 4.79 Å². The maximum absolute atomic E-state index is 12.0. The van der Waals surface area contributed by atoms with Gasteiger partial charge in [-0.1, -0.05) is 0 Å². The van der Waals surface area contributed by atoms with Crippen molar-refractivity contribution < 1.29 is 19.4 Å². The van der Waals surface area contributed by atoms with Crippen LogP contribution in [0.2, 0.25) is 0 Å². The molecule has 2 saturated heterocycles. The smallest absolute Gasteiger partial charge is 0.327 e. The molecule has 6 heteroatoms. The monoisotopic (exact) mass is 259 g/mol. The quantitative estimate of drug-likeness (QED) is 0.816. The number of rotatable bonds is 3. The molecule has 2 heterocycles. The summed E-state index contributed by atoms with van der Waals surface area (Å²) in [5, 5.41) is 9.00. The Bertz CT molecular complexity index is 304. The fourth-order valence-corrected chi connectivity index (χ4v) is 3.35. The Morgan fingerprint density at radius 2 is 2.24 bits per heavy atom. The number of hydrogen-bond acceptors (Lipinski definition) is 4. The maximum Gasteiger partial charge on any atom is 0.327 e. The fourth-order valence-electron chi connectivity index (χ4n) is 2.17. The summed E-state index contributed by atoms with van der Waals surface area (Å²) in [6, 6.07) is -0.656. The summed E-state index contributed by atoms with van der Waals surface area (Å²) in [6.07, 6.45) is 3.36. The minimum absolute atomic E-state index is 0.0173. The Kier molecular flexibility index (Phi) is 4.28. The van der Waals surface area contributed by atoms with Crippen LogP contribution >= 0.6 is 11.8 Å². The number of hydrogen-bond donors (Lipinski definition) is 1. The molecule has 5 nitrogen and oxygen atoms in total. The first-order valence-corrected chi connectivity index (χ1v) is 7.05. The van der Waals surface area contributed by atoms with E-state index in [1.54, 1.807) is 0 Å². The molecule has 0 spiro atoms. The zero-order chi connectivity index (χ0) is 12.3. The van der Waals surface area contributed by atoms with Gasteiger partial charge in [-0.05, 0) is 19.3 Å². The zero-order valence-electron chi connectivity index (χ0n) is 9.63. The summed E-state index contributed by atoms with van der Waals surface area (Å²) in [5.74, 6) is -0.0167. The molecule has 0 saturated carbocycles. The van der Waals surface area contributed by atoms with E-state index in [2.05, 4.69) is 0 Å². The molecule has 17 heavy (non-hydrogen) atoms. The molecule has 0 radical (unpaired) electrons. The second-order valence-electron chi connectivity index (χ2n) is 4.41. The SMILES string of the molecule is O=C(O)C1CSCN1C(=O)CC1CCCCO1. The van der Waals surface area contributed by atoms with Crippen LogP contribution in [0.25, 0.3) is 0 Å². The van der Waals surface area contributed by atoms with Crippen molar-refractivity contribution in [2.75, 3.05) is 18.2 Å². The summed E-state index contributed by atoms with van der Waals surface area (Å²) in [6.45, 7) is 0.717. The first-order chi connectivity index (χ1) is 8.18. The van der Waals surface area contributed by atoms with Crippen LogP contribution in [0.15, 0.2) is 0 Å². The molecule has 0 aromatic heterocycles. The van der Waals surface area contributed by atoms with Crippen LogP contribution in [0.4, 0.5) is 0 Å². The van der Waals surface area contributed by atoms with E-state index in [0.717, 1.165) is 25.9 Å². The normalized spacial score (nSPS) is 29.3. The largest absolute Gasteiger partial charge is 0.480 e. The van der Waals surface area contributed by atoms with E-state index < -0.39 is 12.0 Å². The van der Waals surface area contributed by atoms with Gasteiger partial charge in [0.25, 0.3) is 0 Å². The van der Waals surface area contributed by atoms with E-state index in [1.165, 1.54) is 16.7 Å². The average molecular weight is 259 g/mol. The first-order valence-electron chi connectivity index (χ1n) is 5.90. The van der Waals surface area contributed by atoms with E-state index in [-0.39, 0.29) is 12.0 Å². The third kappa shape index (κ3) is 3.13. The highest BCUT2D eigenvalue weighted by molar-refractivity contribution is 7.99. The second-order valence-corrected chi connectivity index (χ2v) is 5.41. The van der Waals surface area contributed by atoms with Crippen molar-refractivity contribution in [3.63, 3.8) is 0 Å². The summed E-state index contributed by atoms with van der Waals surface area (Å²) in [7, 11) is 0. The van der Waals surface area contributed by atoms with Gasteiger partial charge < -0.3 is 14.7 Å². The van der Waals surface area contributed by atoms with Gasteiger partial charge in [0.2, 0.25) is 5.91 Å². The molecule has 1 N–H and O–H groups in total. The predicted octanol–water partition coefficient (Wildman–Crippen LogP) is 0.932. The summed E-state index contributed by atoms with van der Waals surface area (Å²) in [5.41, 5.74) is 0. The molecule has 2 unspecified atom stereocenters. The standard InChI is InChI=1S/C11H17NO4S/c13-10(5-8-3-1-2-4-16-8)12-7-17-6-9(12)11(14)15/h8-9H,1-7H2,(H,14,15). The molecular weight excluding hydrogens is 242 g/mol. The zero-order valence-corrected chi connectivity index (χ0v) is 10.4. The Morgan fingerprint density at radius 1 is 1.41 bits per heavy atom. The van der Waals surface area contributed by atoms with Crippen molar-refractivity contribution in [1.82, 2.24) is 4.90 Å². The number of nitrogens with zero attached hydrogens (tertiary/aromatic N) is 1. The molecular formula is C11H17NO4S. The van der Waals surface area contributed by atoms with Gasteiger partial charge in [-0.15, -0.1) is 11.8 Å². The van der Waals surface area contributed by atoms with Crippen molar-refractivity contribution >= 4 is 23.6 Å². The molecule has 2 fully saturated rings. The maximum atomic E-state index is 12.0. The third-order valence-corrected chi connectivity index (χ3v) is 4.18. The van der Waals surface area contributed by atoms with Crippen LogP contribution in [0, 0.1) is 0 Å². The lowest BCUT2D eigenvalue weighted by atomic mass is 10.1. The summed E-state index contributed by atoms with van der Waals surface area (Å²) in [4.78, 5) is 24.4. The van der Waals surface area contributed by atoms with Gasteiger partial charge in [-0.3, -0.25) is 4.79 Å². The minimum Gasteiger partial charge on any atom is -0.480 e. The number of thioether (sulfide) groups is 1. The van der Waals surface area contributed by atoms with E-state index in [0.29, 0.717) is 18.1 Å². The van der Waals surface area contributed by atoms with Crippen LogP contribution in [0.5, 0.6) is 0 Å². The molecule has 0 aromatic carbocycles. The molecule has 96 valence electrons. The van der Waals surface area contributed by atoms with E-state index in [4.69, 9.17) is 9.84 Å². The lowest BCUT2D eigenvalue weighted by Gasteiger charge is -2.26. The van der Waals surface area contributed by atoms with Gasteiger partial charge in [0.05, 0.1) is 18.4 Å². The van der Waals surface area contributed by atoms with Gasteiger partial charge in [0, 0.05) is 12.4 Å². The van der Waals surface area contributed by atoms with Crippen molar-refractivity contribution in [3.8, 4) is 0 Å². The van der Waals surface area contributed by atoms with Gasteiger partial charge in [0.15, 0.2) is 0 Å². The number of amides is 1. The molecule has 0 aliphatic carbocycles. The van der Waals surface area contributed by atoms with Crippen LogP contribution in [0.1, 0.15) is 25.7 Å². The van der Waals surface area contributed by atoms with Gasteiger partial charge >= 0.3 is 5.97 Å². The number of carboxylic acid groups (broad SMARTS) is 1. The van der Waals surface area contributed by atoms with Crippen molar-refractivity contribution in [1.29, 1.82) is 0 Å². The van der Waals surface area contributed by atoms with Crippen LogP contribution in [0.3, 0.4) is 0 Å². The highest BCUT2D eigenvalue weighted by atomic mass is 32.2. The predicted molar refractivity (Wildman–Crippen MR) is 63.8 cm³/mol. The van der Waals surface area contributed by atoms with Crippen LogP contribution in [-0.2, 0) is 14.3 Å². The van der Waals surface area contributed by atoms with Gasteiger partial charge in [-0.2, -0.15) is 0 Å². The number of ether oxygens (including phenoxy) is 1. The number of carboxylic acids is 1. The number of carbonyl (C=O) groups is 2. The summed E-state index contributed by atoms with van der Waals surface area (Å²) >= 11 is 1.49. The Hall–Kier alpha value is -0.750. The van der Waals surface area contributed by atoms with Crippen molar-refractivity contribution in [2.24, 2.45) is 0 Å². The average Bonchev–Trinajstić information content (AvgIpc) is 2.79. The molecule has 0 bridgehead atoms. The molecule has 2 aliphatic rings. The Morgan fingerprint density at radius 3 is 2.88 bits per heavy atom. The fraction of sp³-hybridized carbons (Fsp3) is 0.818. The highest BCUT2D eigenvalue weighted by Gasteiger charge is 2.35. The van der Waals surface area contributed by atoms with Crippen LogP contribution in [-0.4, -0.2) is 52.3 Å². The molecule has 1 amide bonds. The number of aliphatic carboxylic acids is 1. The first kappa shape index (κ1) is 12.7. The second kappa shape index (κ2) is 5.73. The Labute approximate surface area is 104 Å². The number of carbonyl (C=O) groups excluding carboxylic acids is 1. The van der Waals surface area contributed by atoms with E-state index in [1.807, 2.05) is 0 Å². The van der Waals surface area contributed by atoms with Crippen LogP contribution < -0.4 is 0 Å². The molecule has 2 aliphatic heterocycles. The lowest BCUT2D eigenvalue weighted by Crippen LogP contribution is -2.43. The Balaban J connectivity index is 1.88. The van der Waals surface area contributed by atoms with Gasteiger partial charge in [0.1, 0.15) is 6.04 Å². The van der Waals surface area contributed by atoms with E-state index >= 15 is 0 Å². The molecule has 0 aromatic rings. The summed E-state index contributed by atoms with van der Waals surface area (Å²) < 4.78 is 5.50.